The molecule has 10 aliphatic heterocycles. The smallest absolute Gasteiger partial charge is 0.264 e. The SMILES string of the molecule is CC(C)C12SSSC3(C(=O)N1C)C(O)C1(C45c6ccccc6NC4N4C(=O)C6(C(C)C)SSC4(C(=O)N6C)C5O)c4ccccc4NC1N3C2=O. The summed E-state index contributed by atoms with van der Waals surface area (Å²) in [4.78, 5) is 60.7. The highest BCUT2D eigenvalue weighted by atomic mass is 33.5. The third kappa shape index (κ3) is 2.93. The van der Waals surface area contributed by atoms with Gasteiger partial charge in [0.2, 0.25) is 9.74 Å². The summed E-state index contributed by atoms with van der Waals surface area (Å²) < 4.78 is 0. The van der Waals surface area contributed by atoms with E-state index in [9.17, 15) is 15.0 Å². The van der Waals surface area contributed by atoms with Gasteiger partial charge in [0, 0.05) is 25.5 Å². The molecular formula is C34H36N6O6S5. The highest BCUT2D eigenvalue weighted by Gasteiger charge is 2.93. The molecule has 12 nitrogen and oxygen atoms in total. The van der Waals surface area contributed by atoms with Crippen molar-refractivity contribution in [1.29, 1.82) is 0 Å². The molecule has 17 heteroatoms. The van der Waals surface area contributed by atoms with Gasteiger partial charge in [-0.05, 0) is 77.3 Å². The summed E-state index contributed by atoms with van der Waals surface area (Å²) in [6.07, 6.45) is -5.33. The number of fused-ring (bicyclic) bond motifs is 12. The van der Waals surface area contributed by atoms with Crippen LogP contribution in [0.2, 0.25) is 0 Å². The molecule has 12 rings (SSSR count). The van der Waals surface area contributed by atoms with Gasteiger partial charge in [-0.3, -0.25) is 29.0 Å². The molecule has 4 bridgehead atoms. The minimum atomic E-state index is -1.81. The van der Waals surface area contributed by atoms with E-state index in [1.807, 2.05) is 76.2 Å². The molecule has 4 amide bonds. The fourth-order valence-electron chi connectivity index (χ4n) is 11.0. The summed E-state index contributed by atoms with van der Waals surface area (Å²) in [7, 11) is 9.57. The molecule has 0 aromatic heterocycles. The van der Waals surface area contributed by atoms with Crippen LogP contribution in [0.25, 0.3) is 0 Å². The van der Waals surface area contributed by atoms with E-state index < -0.39 is 66.7 Å². The number of nitrogens with one attached hydrogen (secondary N) is 2. The van der Waals surface area contributed by atoms with Crippen molar-refractivity contribution in [2.75, 3.05) is 24.7 Å². The molecule has 8 fully saturated rings. The van der Waals surface area contributed by atoms with Crippen molar-refractivity contribution in [3.05, 3.63) is 59.7 Å². The first kappa shape index (κ1) is 33.2. The van der Waals surface area contributed by atoms with Crippen LogP contribution in [0.15, 0.2) is 48.5 Å². The molecule has 2 aromatic rings. The first-order valence-electron chi connectivity index (χ1n) is 16.9. The predicted molar refractivity (Wildman–Crippen MR) is 201 cm³/mol. The molecule has 268 valence electrons. The van der Waals surface area contributed by atoms with Crippen molar-refractivity contribution in [2.45, 2.75) is 82.5 Å². The van der Waals surface area contributed by atoms with Crippen LogP contribution in [-0.2, 0) is 30.0 Å². The normalized spacial score (nSPS) is 44.0. The second-order valence-electron chi connectivity index (χ2n) is 15.3. The Bertz CT molecular complexity index is 2030. The van der Waals surface area contributed by atoms with E-state index in [4.69, 9.17) is 0 Å². The molecule has 4 N–H and O–H groups in total. The zero-order chi connectivity index (χ0) is 36.0. The molecule has 2 spiro atoms. The van der Waals surface area contributed by atoms with Gasteiger partial charge in [-0.1, -0.05) is 74.9 Å². The van der Waals surface area contributed by atoms with Crippen molar-refractivity contribution < 1.29 is 29.4 Å². The lowest BCUT2D eigenvalue weighted by molar-refractivity contribution is -0.169. The molecule has 10 heterocycles. The number of para-hydroxylation sites is 2. The van der Waals surface area contributed by atoms with Crippen molar-refractivity contribution >= 4 is 88.0 Å². The van der Waals surface area contributed by atoms with Crippen molar-refractivity contribution in [2.24, 2.45) is 11.8 Å². The van der Waals surface area contributed by atoms with E-state index in [0.717, 1.165) is 0 Å². The lowest BCUT2D eigenvalue weighted by Gasteiger charge is -2.60. The van der Waals surface area contributed by atoms with Crippen LogP contribution in [0.3, 0.4) is 0 Å². The number of anilines is 2. The lowest BCUT2D eigenvalue weighted by Crippen LogP contribution is -2.79. The molecule has 10 atom stereocenters. The number of benzene rings is 2. The predicted octanol–water partition coefficient (Wildman–Crippen LogP) is 3.25. The van der Waals surface area contributed by atoms with Crippen LogP contribution in [0.1, 0.15) is 38.8 Å². The van der Waals surface area contributed by atoms with E-state index >= 15 is 14.4 Å². The maximum Gasteiger partial charge on any atom is 0.264 e. The molecule has 10 unspecified atom stereocenters. The topological polar surface area (TPSA) is 146 Å². The van der Waals surface area contributed by atoms with Gasteiger partial charge in [-0.15, -0.1) is 0 Å². The molecule has 0 radical (unpaired) electrons. The third-order valence-electron chi connectivity index (χ3n) is 13.2. The van der Waals surface area contributed by atoms with Crippen LogP contribution < -0.4 is 10.6 Å². The number of amides is 4. The second-order valence-corrected chi connectivity index (χ2v) is 22.2. The number of nitrogens with zero attached hydrogens (tertiary/aromatic N) is 4. The number of likely N-dealkylation sites (N-methyl/N-ethyl adjacent to an activating group) is 2. The van der Waals surface area contributed by atoms with Gasteiger partial charge < -0.3 is 30.6 Å². The Morgan fingerprint density at radius 1 is 0.608 bits per heavy atom. The number of carbonyl (C=O) groups is 4. The van der Waals surface area contributed by atoms with Crippen molar-refractivity contribution in [1.82, 2.24) is 19.6 Å². The van der Waals surface area contributed by atoms with E-state index in [1.165, 1.54) is 62.8 Å². The van der Waals surface area contributed by atoms with Gasteiger partial charge >= 0.3 is 0 Å². The summed E-state index contributed by atoms with van der Waals surface area (Å²) in [5, 5.41) is 34.4. The van der Waals surface area contributed by atoms with Gasteiger partial charge in [0.1, 0.15) is 24.5 Å². The molecule has 51 heavy (non-hydrogen) atoms. The number of rotatable bonds is 3. The Labute approximate surface area is 314 Å². The minimum Gasteiger partial charge on any atom is -0.388 e. The summed E-state index contributed by atoms with van der Waals surface area (Å²) in [5.41, 5.74) is -0.838. The third-order valence-corrected chi connectivity index (χ3v) is 22.4. The van der Waals surface area contributed by atoms with Crippen LogP contribution in [0.4, 0.5) is 11.4 Å². The average Bonchev–Trinajstić information content (AvgIpc) is 3.70. The molecule has 8 saturated heterocycles. The summed E-state index contributed by atoms with van der Waals surface area (Å²) in [5.74, 6) is -2.02. The Balaban J connectivity index is 1.34. The molecule has 0 saturated carbocycles. The number of hydrogen-bond donors (Lipinski definition) is 4. The summed E-state index contributed by atoms with van der Waals surface area (Å²) in [6, 6.07) is 14.9. The molecular weight excluding hydrogens is 749 g/mol. The zero-order valence-corrected chi connectivity index (χ0v) is 32.5. The fourth-order valence-corrected chi connectivity index (χ4v) is 21.5. The monoisotopic (exact) mass is 784 g/mol. The number of hydrogen-bond acceptors (Lipinski definition) is 13. The first-order chi connectivity index (χ1) is 24.2. The molecule has 2 aromatic carbocycles. The zero-order valence-electron chi connectivity index (χ0n) is 28.4. The maximum atomic E-state index is 15.4. The largest absolute Gasteiger partial charge is 0.388 e. The highest BCUT2D eigenvalue weighted by molar-refractivity contribution is 9.10. The molecule has 0 aliphatic carbocycles. The highest BCUT2D eigenvalue weighted by Crippen LogP contribution is 2.79. The van der Waals surface area contributed by atoms with Gasteiger partial charge in [0.25, 0.3) is 23.6 Å². The van der Waals surface area contributed by atoms with Crippen molar-refractivity contribution in [3.8, 4) is 0 Å². The fraction of sp³-hybridized carbons (Fsp3) is 0.529. The molecule has 10 aliphatic rings. The van der Waals surface area contributed by atoms with Gasteiger partial charge in [0.05, 0.1) is 10.8 Å². The van der Waals surface area contributed by atoms with Crippen LogP contribution >= 0.6 is 53.0 Å². The standard InChI is InChI=1S/C34H36N6O6S5/c1-15(2)31-27(45)39-23-29(17-11-7-9-13-19(17)35-23,21(41)33(39,48-47-31)25(43)37(31)5)30-18-12-8-10-14-20(18)36-24(30)40-28(46)32(16(3)4)38(6)26(44)34(40,22(30)42)50-51-49-32/h7-16,21-24,35-36,41-42H,1-6H3. The first-order valence-corrected chi connectivity index (χ1v) is 22.6. The number of aliphatic hydroxyl groups excluding tert-OH is 2. The second kappa shape index (κ2) is 9.82. The van der Waals surface area contributed by atoms with Crippen LogP contribution in [0.5, 0.6) is 0 Å². The minimum absolute atomic E-state index is 0.279. The Morgan fingerprint density at radius 3 is 1.47 bits per heavy atom. The van der Waals surface area contributed by atoms with Crippen molar-refractivity contribution in [3.63, 3.8) is 0 Å². The summed E-state index contributed by atoms with van der Waals surface area (Å²) in [6.45, 7) is 7.67. The average molecular weight is 785 g/mol. The van der Waals surface area contributed by atoms with E-state index in [1.54, 1.807) is 23.9 Å². The lowest BCUT2D eigenvalue weighted by atomic mass is 9.52. The number of aliphatic hydroxyl groups is 2. The van der Waals surface area contributed by atoms with E-state index in [2.05, 4.69) is 10.6 Å². The van der Waals surface area contributed by atoms with Gasteiger partial charge in [-0.2, -0.15) is 0 Å². The Hall–Kier alpha value is -2.41. The van der Waals surface area contributed by atoms with Gasteiger partial charge in [0.15, 0.2) is 9.74 Å². The number of piperazine rings is 2. The van der Waals surface area contributed by atoms with Gasteiger partial charge in [-0.25, -0.2) is 0 Å². The quantitative estimate of drug-likeness (QED) is 0.339. The Morgan fingerprint density at radius 2 is 1.02 bits per heavy atom. The van der Waals surface area contributed by atoms with Crippen LogP contribution in [0, 0.1) is 11.8 Å². The van der Waals surface area contributed by atoms with E-state index in [0.29, 0.717) is 22.5 Å². The maximum absolute atomic E-state index is 15.4. The Kier molecular flexibility index (Phi) is 6.39. The summed E-state index contributed by atoms with van der Waals surface area (Å²) >= 11 is 0. The number of carbonyl (C=O) groups excluding carboxylic acids is 4. The van der Waals surface area contributed by atoms with E-state index in [-0.39, 0.29) is 23.7 Å². The van der Waals surface area contributed by atoms with Crippen LogP contribution in [-0.4, -0.2) is 112 Å².